The topological polar surface area (TPSA) is 52.3 Å². The Morgan fingerprint density at radius 1 is 1.40 bits per heavy atom. The first-order valence-electron chi connectivity index (χ1n) is 4.24. The van der Waals surface area contributed by atoms with Gasteiger partial charge in [-0.15, -0.1) is 0 Å². The highest BCUT2D eigenvalue weighted by Gasteiger charge is 2.04. The van der Waals surface area contributed by atoms with Crippen molar-refractivity contribution in [3.8, 4) is 5.75 Å². The van der Waals surface area contributed by atoms with Gasteiger partial charge in [0.25, 0.3) is 0 Å². The number of ether oxygens (including phenoxy) is 1. The molecule has 2 N–H and O–H groups in total. The summed E-state index contributed by atoms with van der Waals surface area (Å²) in [5.74, 6) is -0.357. The molecule has 0 heterocycles. The second kappa shape index (κ2) is 5.29. The molecule has 5 heteroatoms. The molecule has 0 aliphatic heterocycles. The first kappa shape index (κ1) is 11.4. The van der Waals surface area contributed by atoms with Gasteiger partial charge >= 0.3 is 6.61 Å². The summed E-state index contributed by atoms with van der Waals surface area (Å²) in [5.41, 5.74) is 5.67. The van der Waals surface area contributed by atoms with E-state index in [0.29, 0.717) is 0 Å². The maximum absolute atomic E-state index is 11.8. The third-order valence-electron chi connectivity index (χ3n) is 1.64. The van der Waals surface area contributed by atoms with Crippen molar-refractivity contribution in [1.29, 1.82) is 0 Å². The fourth-order valence-electron chi connectivity index (χ4n) is 1.00. The fraction of sp³-hybridized carbons (Fsp3) is 0.200. The largest absolute Gasteiger partial charge is 0.435 e. The van der Waals surface area contributed by atoms with Crippen molar-refractivity contribution in [2.75, 3.05) is 0 Å². The smallest absolute Gasteiger partial charge is 0.387 e. The van der Waals surface area contributed by atoms with Crippen molar-refractivity contribution < 1.29 is 18.3 Å². The van der Waals surface area contributed by atoms with Crippen LogP contribution in [0.15, 0.2) is 24.3 Å². The molecule has 0 atom stereocenters. The maximum Gasteiger partial charge on any atom is 0.387 e. The first-order valence-corrected chi connectivity index (χ1v) is 4.24. The molecule has 1 rings (SSSR count). The van der Waals surface area contributed by atoms with E-state index in [0.717, 1.165) is 5.56 Å². The van der Waals surface area contributed by atoms with Gasteiger partial charge in [-0.05, 0) is 24.1 Å². The molecule has 0 spiro atoms. The molecule has 0 fully saturated rings. The highest BCUT2D eigenvalue weighted by molar-refractivity contribution is 5.75. The van der Waals surface area contributed by atoms with Crippen LogP contribution < -0.4 is 10.5 Å². The molecule has 0 saturated carbocycles. The lowest BCUT2D eigenvalue weighted by Gasteiger charge is -2.04. The van der Waals surface area contributed by atoms with Crippen LogP contribution in [0.2, 0.25) is 0 Å². The number of nitrogens with two attached hydrogens (primary N) is 1. The van der Waals surface area contributed by atoms with Crippen molar-refractivity contribution in [2.45, 2.75) is 13.0 Å². The van der Waals surface area contributed by atoms with Crippen LogP contribution >= 0.6 is 0 Å². The van der Waals surface area contributed by atoms with Gasteiger partial charge in [-0.3, -0.25) is 4.79 Å². The molecule has 0 aliphatic carbocycles. The van der Waals surface area contributed by atoms with Gasteiger partial charge in [0, 0.05) is 6.42 Å². The van der Waals surface area contributed by atoms with E-state index in [-0.39, 0.29) is 12.2 Å². The SMILES string of the molecule is NC(=O)C[CH]c1ccc(OC(F)F)cc1. The summed E-state index contributed by atoms with van der Waals surface area (Å²) in [6.07, 6.45) is 1.73. The number of alkyl halides is 2. The molecule has 1 aromatic rings. The fourth-order valence-corrected chi connectivity index (χ4v) is 1.00. The molecule has 3 nitrogen and oxygen atoms in total. The highest BCUT2D eigenvalue weighted by atomic mass is 19.3. The number of carbonyl (C=O) groups excluding carboxylic acids is 1. The molecule has 15 heavy (non-hydrogen) atoms. The average Bonchev–Trinajstić information content (AvgIpc) is 2.16. The molecular formula is C10H10F2NO2. The first-order chi connectivity index (χ1) is 7.08. The van der Waals surface area contributed by atoms with Crippen LogP contribution in [-0.4, -0.2) is 12.5 Å². The van der Waals surface area contributed by atoms with Crippen LogP contribution in [0.25, 0.3) is 0 Å². The molecule has 0 unspecified atom stereocenters. The minimum atomic E-state index is -2.83. The Bertz CT molecular complexity index is 325. The Morgan fingerprint density at radius 2 is 2.00 bits per heavy atom. The van der Waals surface area contributed by atoms with Crippen molar-refractivity contribution >= 4 is 5.91 Å². The summed E-state index contributed by atoms with van der Waals surface area (Å²) < 4.78 is 27.7. The van der Waals surface area contributed by atoms with E-state index in [1.165, 1.54) is 12.1 Å². The van der Waals surface area contributed by atoms with Crippen LogP contribution in [0.1, 0.15) is 12.0 Å². The Morgan fingerprint density at radius 3 is 2.47 bits per heavy atom. The Balaban J connectivity index is 2.52. The van der Waals surface area contributed by atoms with Crippen molar-refractivity contribution in [1.82, 2.24) is 0 Å². The number of benzene rings is 1. The minimum absolute atomic E-state index is 0.0845. The normalized spacial score (nSPS) is 10.3. The third kappa shape index (κ3) is 4.39. The van der Waals surface area contributed by atoms with Gasteiger partial charge < -0.3 is 10.5 Å². The number of primary amides is 1. The number of hydrogen-bond acceptors (Lipinski definition) is 2. The Hall–Kier alpha value is -1.65. The van der Waals surface area contributed by atoms with Crippen LogP contribution in [0.3, 0.4) is 0 Å². The van der Waals surface area contributed by atoms with Crippen LogP contribution in [0.5, 0.6) is 5.75 Å². The molecule has 0 aliphatic rings. The van der Waals surface area contributed by atoms with Gasteiger partial charge in [0.15, 0.2) is 0 Å². The van der Waals surface area contributed by atoms with E-state index in [9.17, 15) is 13.6 Å². The van der Waals surface area contributed by atoms with Crippen LogP contribution in [0, 0.1) is 6.42 Å². The monoisotopic (exact) mass is 214 g/mol. The lowest BCUT2D eigenvalue weighted by Crippen LogP contribution is -2.10. The molecule has 81 valence electrons. The zero-order valence-corrected chi connectivity index (χ0v) is 7.82. The number of carbonyl (C=O) groups is 1. The zero-order chi connectivity index (χ0) is 11.3. The predicted octanol–water partition coefficient (Wildman–Crippen LogP) is 1.72. The van der Waals surface area contributed by atoms with E-state index in [1.807, 2.05) is 0 Å². The second-order valence-electron chi connectivity index (χ2n) is 2.82. The van der Waals surface area contributed by atoms with Gasteiger partial charge in [-0.2, -0.15) is 8.78 Å². The Labute approximate surface area is 85.8 Å². The van der Waals surface area contributed by atoms with Gasteiger partial charge in [-0.25, -0.2) is 0 Å². The van der Waals surface area contributed by atoms with E-state index in [1.54, 1.807) is 18.6 Å². The summed E-state index contributed by atoms with van der Waals surface area (Å²) in [6.45, 7) is -2.83. The zero-order valence-electron chi connectivity index (χ0n) is 7.82. The van der Waals surface area contributed by atoms with E-state index in [4.69, 9.17) is 5.73 Å². The van der Waals surface area contributed by atoms with E-state index < -0.39 is 12.5 Å². The summed E-state index contributed by atoms with van der Waals surface area (Å²) in [5, 5.41) is 0. The van der Waals surface area contributed by atoms with Gasteiger partial charge in [-0.1, -0.05) is 12.1 Å². The lowest BCUT2D eigenvalue weighted by atomic mass is 10.1. The van der Waals surface area contributed by atoms with Crippen molar-refractivity contribution in [3.63, 3.8) is 0 Å². The van der Waals surface area contributed by atoms with Gasteiger partial charge in [0.05, 0.1) is 0 Å². The number of rotatable bonds is 5. The molecule has 0 saturated heterocycles. The standard InChI is InChI=1S/C10H10F2NO2/c11-10(12)15-8-4-1-7(2-5-8)3-6-9(13)14/h1-5,10H,6H2,(H2,13,14). The lowest BCUT2D eigenvalue weighted by molar-refractivity contribution is -0.117. The highest BCUT2D eigenvalue weighted by Crippen LogP contribution is 2.16. The Kier molecular flexibility index (Phi) is 4.03. The molecular weight excluding hydrogens is 204 g/mol. The quantitative estimate of drug-likeness (QED) is 0.811. The number of hydrogen-bond donors (Lipinski definition) is 1. The summed E-state index contributed by atoms with van der Waals surface area (Å²) >= 11 is 0. The van der Waals surface area contributed by atoms with Crippen LogP contribution in [0.4, 0.5) is 8.78 Å². The molecule has 0 bridgehead atoms. The van der Waals surface area contributed by atoms with Crippen LogP contribution in [-0.2, 0) is 4.79 Å². The van der Waals surface area contributed by atoms with Crippen molar-refractivity contribution in [3.05, 3.63) is 36.2 Å². The molecule has 1 aromatic carbocycles. The summed E-state index contributed by atoms with van der Waals surface area (Å²) in [6, 6.07) is 5.94. The van der Waals surface area contributed by atoms with E-state index >= 15 is 0 Å². The number of amides is 1. The summed E-state index contributed by atoms with van der Waals surface area (Å²) in [4.78, 5) is 10.5. The van der Waals surface area contributed by atoms with Crippen molar-refractivity contribution in [2.24, 2.45) is 5.73 Å². The van der Waals surface area contributed by atoms with Gasteiger partial charge in [0.2, 0.25) is 5.91 Å². The maximum atomic E-state index is 11.8. The molecule has 0 aromatic heterocycles. The average molecular weight is 214 g/mol. The molecule has 1 amide bonds. The molecule has 1 radical (unpaired) electrons. The predicted molar refractivity (Wildman–Crippen MR) is 50.3 cm³/mol. The van der Waals surface area contributed by atoms with E-state index in [2.05, 4.69) is 4.74 Å². The van der Waals surface area contributed by atoms with Gasteiger partial charge in [0.1, 0.15) is 5.75 Å². The minimum Gasteiger partial charge on any atom is -0.435 e. The second-order valence-corrected chi connectivity index (χ2v) is 2.82. The third-order valence-corrected chi connectivity index (χ3v) is 1.64. The number of halogens is 2. The summed E-state index contributed by atoms with van der Waals surface area (Å²) in [7, 11) is 0.